The van der Waals surface area contributed by atoms with E-state index in [1.165, 1.54) is 5.56 Å². The van der Waals surface area contributed by atoms with E-state index in [9.17, 15) is 4.79 Å². The summed E-state index contributed by atoms with van der Waals surface area (Å²) in [5, 5.41) is 0. The standard InChI is InChI=1S/C21H24N2O2/c1-25-20-10-7-15(11-18(20)22)21-17-9-8-16(12-19(17)24)23(21)13-14-5-3-2-4-6-14/h2-7,10-11,16-17,21H,8-9,12-13,22H2,1H3. The van der Waals surface area contributed by atoms with Crippen molar-refractivity contribution in [1.82, 2.24) is 4.90 Å². The summed E-state index contributed by atoms with van der Waals surface area (Å²) < 4.78 is 5.29. The highest BCUT2D eigenvalue weighted by Gasteiger charge is 2.47. The van der Waals surface area contributed by atoms with Crippen LogP contribution in [0.3, 0.4) is 0 Å². The number of ether oxygens (including phenoxy) is 1. The molecule has 0 spiro atoms. The molecule has 130 valence electrons. The first-order valence-corrected chi connectivity index (χ1v) is 8.93. The van der Waals surface area contributed by atoms with Gasteiger partial charge < -0.3 is 10.5 Å². The summed E-state index contributed by atoms with van der Waals surface area (Å²) in [6.07, 6.45) is 2.76. The van der Waals surface area contributed by atoms with Crippen molar-refractivity contribution in [3.8, 4) is 5.75 Å². The highest BCUT2D eigenvalue weighted by molar-refractivity contribution is 5.84. The van der Waals surface area contributed by atoms with Crippen LogP contribution in [0.5, 0.6) is 5.75 Å². The summed E-state index contributed by atoms with van der Waals surface area (Å²) in [6, 6.07) is 16.9. The van der Waals surface area contributed by atoms with E-state index in [4.69, 9.17) is 10.5 Å². The van der Waals surface area contributed by atoms with E-state index in [1.807, 2.05) is 18.2 Å². The van der Waals surface area contributed by atoms with Crippen LogP contribution < -0.4 is 10.5 Å². The van der Waals surface area contributed by atoms with Gasteiger partial charge in [-0.1, -0.05) is 36.4 Å². The van der Waals surface area contributed by atoms with Crippen LogP contribution in [0.15, 0.2) is 48.5 Å². The van der Waals surface area contributed by atoms with E-state index in [0.29, 0.717) is 29.7 Å². The van der Waals surface area contributed by atoms with Crippen LogP contribution in [-0.4, -0.2) is 23.8 Å². The number of methoxy groups -OCH3 is 1. The number of nitrogen functional groups attached to an aromatic ring is 1. The molecule has 1 aliphatic carbocycles. The van der Waals surface area contributed by atoms with E-state index in [1.54, 1.807) is 7.11 Å². The molecule has 0 aromatic heterocycles. The topological polar surface area (TPSA) is 55.6 Å². The van der Waals surface area contributed by atoms with E-state index < -0.39 is 0 Å². The Morgan fingerprint density at radius 3 is 2.64 bits per heavy atom. The molecule has 3 fully saturated rings. The van der Waals surface area contributed by atoms with Gasteiger partial charge in [0.25, 0.3) is 0 Å². The molecule has 1 saturated carbocycles. The maximum atomic E-state index is 12.6. The zero-order valence-corrected chi connectivity index (χ0v) is 14.5. The summed E-state index contributed by atoms with van der Waals surface area (Å²) in [5.74, 6) is 1.16. The molecular weight excluding hydrogens is 312 g/mol. The molecule has 0 radical (unpaired) electrons. The molecule has 2 aliphatic heterocycles. The maximum Gasteiger partial charge on any atom is 0.141 e. The third-order valence-electron chi connectivity index (χ3n) is 5.67. The van der Waals surface area contributed by atoms with Gasteiger partial charge in [0, 0.05) is 31.0 Å². The number of carbonyl (C=O) groups is 1. The number of nitrogens with two attached hydrogens (primary N) is 1. The van der Waals surface area contributed by atoms with E-state index >= 15 is 0 Å². The Hall–Kier alpha value is -2.33. The second-order valence-corrected chi connectivity index (χ2v) is 7.11. The number of Topliss-reactive ketones (excluding diaryl/α,β-unsaturated/α-hetero) is 1. The van der Waals surface area contributed by atoms with E-state index in [0.717, 1.165) is 24.9 Å². The number of piperidine rings is 2. The fraction of sp³-hybridized carbons (Fsp3) is 0.381. The number of rotatable bonds is 4. The largest absolute Gasteiger partial charge is 0.495 e. The van der Waals surface area contributed by atoms with Gasteiger partial charge in [-0.2, -0.15) is 0 Å². The fourth-order valence-electron chi connectivity index (χ4n) is 4.48. The van der Waals surface area contributed by atoms with Gasteiger partial charge in [-0.25, -0.2) is 0 Å². The van der Waals surface area contributed by atoms with Crippen molar-refractivity contribution >= 4 is 11.5 Å². The van der Waals surface area contributed by atoms with Gasteiger partial charge in [0.1, 0.15) is 11.5 Å². The van der Waals surface area contributed by atoms with Crippen molar-refractivity contribution in [3.63, 3.8) is 0 Å². The third-order valence-corrected chi connectivity index (χ3v) is 5.67. The Balaban J connectivity index is 1.70. The number of nitrogens with zero attached hydrogens (tertiary/aromatic N) is 1. The second-order valence-electron chi connectivity index (χ2n) is 7.11. The summed E-state index contributed by atoms with van der Waals surface area (Å²) >= 11 is 0. The van der Waals surface area contributed by atoms with Gasteiger partial charge in [0.05, 0.1) is 12.8 Å². The molecule has 2 N–H and O–H groups in total. The number of fused-ring (bicyclic) bond motifs is 3. The lowest BCUT2D eigenvalue weighted by Gasteiger charge is -2.51. The lowest BCUT2D eigenvalue weighted by Crippen LogP contribution is -2.53. The highest BCUT2D eigenvalue weighted by atomic mass is 16.5. The monoisotopic (exact) mass is 336 g/mol. The molecule has 2 saturated heterocycles. The first-order valence-electron chi connectivity index (χ1n) is 8.93. The molecule has 4 heteroatoms. The molecule has 4 nitrogen and oxygen atoms in total. The Morgan fingerprint density at radius 1 is 1.16 bits per heavy atom. The minimum Gasteiger partial charge on any atom is -0.495 e. The van der Waals surface area contributed by atoms with Crippen LogP contribution in [0.25, 0.3) is 0 Å². The number of carbonyl (C=O) groups excluding carboxylic acids is 1. The van der Waals surface area contributed by atoms with Gasteiger partial charge in [0.15, 0.2) is 0 Å². The predicted octanol–water partition coefficient (Wildman–Crippen LogP) is 3.57. The van der Waals surface area contributed by atoms with Crippen LogP contribution in [0.1, 0.15) is 36.4 Å². The summed E-state index contributed by atoms with van der Waals surface area (Å²) in [5.41, 5.74) is 9.18. The minimum absolute atomic E-state index is 0.0708. The first kappa shape index (κ1) is 16.2. The van der Waals surface area contributed by atoms with Crippen molar-refractivity contribution in [2.24, 2.45) is 5.92 Å². The van der Waals surface area contributed by atoms with Crippen molar-refractivity contribution in [2.45, 2.75) is 37.9 Å². The first-order chi connectivity index (χ1) is 12.2. The van der Waals surface area contributed by atoms with Gasteiger partial charge in [-0.15, -0.1) is 0 Å². The highest BCUT2D eigenvalue weighted by Crippen LogP contribution is 2.47. The molecule has 3 atom stereocenters. The predicted molar refractivity (Wildman–Crippen MR) is 98.3 cm³/mol. The molecule has 0 amide bonds. The average molecular weight is 336 g/mol. The number of hydrogen-bond acceptors (Lipinski definition) is 4. The minimum atomic E-state index is 0.0708. The quantitative estimate of drug-likeness (QED) is 0.867. The Labute approximate surface area is 148 Å². The number of ketones is 1. The molecule has 3 unspecified atom stereocenters. The van der Waals surface area contributed by atoms with E-state index in [2.05, 4.69) is 35.2 Å². The van der Waals surface area contributed by atoms with Gasteiger partial charge in [-0.3, -0.25) is 9.69 Å². The smallest absolute Gasteiger partial charge is 0.141 e. The molecule has 25 heavy (non-hydrogen) atoms. The van der Waals surface area contributed by atoms with Gasteiger partial charge >= 0.3 is 0 Å². The van der Waals surface area contributed by atoms with Crippen molar-refractivity contribution < 1.29 is 9.53 Å². The van der Waals surface area contributed by atoms with Crippen molar-refractivity contribution in [1.29, 1.82) is 0 Å². The van der Waals surface area contributed by atoms with Crippen LogP contribution in [0, 0.1) is 5.92 Å². The Bertz CT molecular complexity index is 775. The lowest BCUT2D eigenvalue weighted by molar-refractivity contribution is -0.138. The average Bonchev–Trinajstić information content (AvgIpc) is 2.63. The molecule has 2 aromatic carbocycles. The van der Waals surface area contributed by atoms with E-state index in [-0.39, 0.29) is 12.0 Å². The number of benzene rings is 2. The zero-order chi connectivity index (χ0) is 17.4. The van der Waals surface area contributed by atoms with Crippen molar-refractivity contribution in [3.05, 3.63) is 59.7 Å². The third kappa shape index (κ3) is 2.91. The number of hydrogen-bond donors (Lipinski definition) is 1. The second kappa shape index (κ2) is 6.52. The number of anilines is 1. The van der Waals surface area contributed by atoms with Gasteiger partial charge in [-0.05, 0) is 36.1 Å². The summed E-state index contributed by atoms with van der Waals surface area (Å²) in [6.45, 7) is 0.867. The fourth-order valence-corrected chi connectivity index (χ4v) is 4.48. The van der Waals surface area contributed by atoms with Crippen LogP contribution >= 0.6 is 0 Å². The molecule has 2 bridgehead atoms. The Kier molecular flexibility index (Phi) is 4.22. The maximum absolute atomic E-state index is 12.6. The van der Waals surface area contributed by atoms with Gasteiger partial charge in [0.2, 0.25) is 0 Å². The molecular formula is C21H24N2O2. The summed E-state index contributed by atoms with van der Waals surface area (Å²) in [7, 11) is 1.62. The summed E-state index contributed by atoms with van der Waals surface area (Å²) in [4.78, 5) is 15.1. The molecule has 3 aliphatic rings. The van der Waals surface area contributed by atoms with Crippen LogP contribution in [0.2, 0.25) is 0 Å². The van der Waals surface area contributed by atoms with Crippen LogP contribution in [-0.2, 0) is 11.3 Å². The SMILES string of the molecule is COc1ccc(C2C3CCC(CC3=O)N2Cc2ccccc2)cc1N. The van der Waals surface area contributed by atoms with Crippen LogP contribution in [0.4, 0.5) is 5.69 Å². The lowest BCUT2D eigenvalue weighted by atomic mass is 9.71. The molecule has 2 heterocycles. The Morgan fingerprint density at radius 2 is 1.96 bits per heavy atom. The molecule has 5 rings (SSSR count). The zero-order valence-electron chi connectivity index (χ0n) is 14.5. The van der Waals surface area contributed by atoms with Crippen molar-refractivity contribution in [2.75, 3.05) is 12.8 Å². The molecule has 2 aromatic rings. The normalized spacial score (nSPS) is 26.0.